The van der Waals surface area contributed by atoms with Crippen LogP contribution in [0.2, 0.25) is 0 Å². The van der Waals surface area contributed by atoms with Crippen molar-refractivity contribution >= 4 is 17.9 Å². The van der Waals surface area contributed by atoms with Crippen molar-refractivity contribution in [2.24, 2.45) is 5.92 Å². The summed E-state index contributed by atoms with van der Waals surface area (Å²) in [6, 6.07) is 3.13. The van der Waals surface area contributed by atoms with Crippen LogP contribution >= 0.6 is 0 Å². The predicted octanol–water partition coefficient (Wildman–Crippen LogP) is 2.36. The van der Waals surface area contributed by atoms with Crippen molar-refractivity contribution in [1.29, 1.82) is 0 Å². The van der Waals surface area contributed by atoms with E-state index in [-0.39, 0.29) is 5.92 Å². The number of carbonyl (C=O) groups is 1. The molecule has 1 aliphatic heterocycles. The van der Waals surface area contributed by atoms with Crippen LogP contribution in [0.5, 0.6) is 0 Å². The van der Waals surface area contributed by atoms with Gasteiger partial charge in [0.05, 0.1) is 12.2 Å². The summed E-state index contributed by atoms with van der Waals surface area (Å²) in [5.41, 5.74) is 3.74. The first-order chi connectivity index (χ1) is 13.6. The van der Waals surface area contributed by atoms with Gasteiger partial charge in [0.1, 0.15) is 0 Å². The zero-order chi connectivity index (χ0) is 21.2. The highest BCUT2D eigenvalue weighted by molar-refractivity contribution is 5.68. The first kappa shape index (κ1) is 20.7. The number of hydrogen-bond acceptors (Lipinski definition) is 7. The number of rotatable bonds is 5. The molecule has 0 radical (unpaired) electrons. The second-order valence-corrected chi connectivity index (χ2v) is 6.98. The Kier molecular flexibility index (Phi) is 5.80. The first-order valence-electron chi connectivity index (χ1n) is 9.03. The fourth-order valence-corrected chi connectivity index (χ4v) is 2.93. The number of hydrogen-bond donors (Lipinski definition) is 2. The van der Waals surface area contributed by atoms with Crippen molar-refractivity contribution in [2.45, 2.75) is 39.1 Å². The Morgan fingerprint density at radius 2 is 2.10 bits per heavy atom. The number of nitrogens with zero attached hydrogens (tertiary/aromatic N) is 5. The van der Waals surface area contributed by atoms with Gasteiger partial charge in [-0.25, -0.2) is 9.78 Å². The Balaban J connectivity index is 1.64. The van der Waals surface area contributed by atoms with E-state index in [0.717, 1.165) is 12.6 Å². The second kappa shape index (κ2) is 8.13. The van der Waals surface area contributed by atoms with Crippen molar-refractivity contribution in [2.75, 3.05) is 23.4 Å². The molecule has 2 aromatic rings. The number of aryl methyl sites for hydroxylation is 1. The third-order valence-corrected chi connectivity index (χ3v) is 4.52. The number of amides is 1. The van der Waals surface area contributed by atoms with Gasteiger partial charge in [0, 0.05) is 31.0 Å². The van der Waals surface area contributed by atoms with Gasteiger partial charge in [-0.3, -0.25) is 5.43 Å². The molecule has 0 bridgehead atoms. The minimum atomic E-state index is -4.60. The van der Waals surface area contributed by atoms with E-state index in [4.69, 9.17) is 0 Å². The molecule has 0 spiro atoms. The second-order valence-electron chi connectivity index (χ2n) is 6.98. The fourth-order valence-electron chi connectivity index (χ4n) is 2.93. The highest BCUT2D eigenvalue weighted by Crippen LogP contribution is 2.24. The largest absolute Gasteiger partial charge is 0.437 e. The molecule has 0 aromatic carbocycles. The van der Waals surface area contributed by atoms with E-state index >= 15 is 0 Å². The van der Waals surface area contributed by atoms with E-state index in [2.05, 4.69) is 30.5 Å². The van der Waals surface area contributed by atoms with Gasteiger partial charge in [0.15, 0.2) is 11.9 Å². The summed E-state index contributed by atoms with van der Waals surface area (Å²) in [5, 5.41) is 6.56. The van der Waals surface area contributed by atoms with E-state index in [9.17, 15) is 18.0 Å². The summed E-state index contributed by atoms with van der Waals surface area (Å²) < 4.78 is 42.1. The molecule has 2 N–H and O–H groups in total. The number of nitrogens with one attached hydrogen (secondary N) is 2. The Hall–Kier alpha value is -3.05. The Morgan fingerprint density at radius 3 is 2.76 bits per heavy atom. The monoisotopic (exact) mass is 413 g/mol. The third kappa shape index (κ3) is 5.27. The lowest BCUT2D eigenvalue weighted by molar-refractivity contribution is -0.197. The number of halogens is 3. The Bertz CT molecular complexity index is 844. The van der Waals surface area contributed by atoms with Gasteiger partial charge in [-0.1, -0.05) is 6.92 Å². The normalized spacial score (nSPS) is 20.4. The smallest absolute Gasteiger partial charge is 0.425 e. The molecular formula is C17H22F3N7O2. The Morgan fingerprint density at radius 1 is 1.34 bits per heavy atom. The van der Waals surface area contributed by atoms with Gasteiger partial charge in [0.2, 0.25) is 5.95 Å². The summed E-state index contributed by atoms with van der Waals surface area (Å²) in [5.74, 6) is 0.960. The predicted molar refractivity (Wildman–Crippen MR) is 98.3 cm³/mol. The molecule has 0 saturated carbocycles. The van der Waals surface area contributed by atoms with Gasteiger partial charge in [0.25, 0.3) is 0 Å². The standard InChI is InChI=1S/C17H22F3N7O2/c1-10-8-26(9-13(10)23-16(28)29-12(3)17(18,19)20)15-22-11(2)7-14(24-15)25-27-6-4-5-21-27/h4-7,10,12-13H,8-9H2,1-3H3,(H,23,28)(H,22,24,25)/t10-,12+,13+/m1/s1. The quantitative estimate of drug-likeness (QED) is 0.777. The molecule has 3 rings (SSSR count). The molecular weight excluding hydrogens is 391 g/mol. The topological polar surface area (TPSA) is 97.2 Å². The molecule has 1 amide bonds. The van der Waals surface area contributed by atoms with E-state index in [1.54, 1.807) is 24.5 Å². The molecule has 3 atom stereocenters. The molecule has 158 valence electrons. The molecule has 0 aliphatic carbocycles. The Labute approximate surface area is 165 Å². The molecule has 29 heavy (non-hydrogen) atoms. The number of carbonyl (C=O) groups excluding carboxylic acids is 1. The third-order valence-electron chi connectivity index (χ3n) is 4.52. The number of aromatic nitrogens is 4. The number of alkyl carbamates (subject to hydrolysis) is 1. The molecule has 3 heterocycles. The fraction of sp³-hybridized carbons (Fsp3) is 0.529. The SMILES string of the molecule is Cc1cc(Nn2cccn2)nc(N2C[C@@H](C)[C@@H](NC(=O)O[C@@H](C)C(F)(F)F)C2)n1. The van der Waals surface area contributed by atoms with Gasteiger partial charge in [-0.2, -0.15) is 28.0 Å². The molecule has 1 fully saturated rings. The van der Waals surface area contributed by atoms with Crippen molar-refractivity contribution in [3.63, 3.8) is 0 Å². The summed E-state index contributed by atoms with van der Waals surface area (Å²) in [4.78, 5) is 24.1. The number of anilines is 2. The zero-order valence-corrected chi connectivity index (χ0v) is 16.1. The molecule has 1 saturated heterocycles. The van der Waals surface area contributed by atoms with Gasteiger partial charge < -0.3 is 15.0 Å². The summed E-state index contributed by atoms with van der Waals surface area (Å²) >= 11 is 0. The van der Waals surface area contributed by atoms with Crippen molar-refractivity contribution < 1.29 is 22.7 Å². The zero-order valence-electron chi connectivity index (χ0n) is 16.1. The van der Waals surface area contributed by atoms with Crippen LogP contribution in [0.1, 0.15) is 19.5 Å². The average molecular weight is 413 g/mol. The van der Waals surface area contributed by atoms with Crippen LogP contribution < -0.4 is 15.6 Å². The van der Waals surface area contributed by atoms with Gasteiger partial charge in [-0.15, -0.1) is 0 Å². The molecule has 1 aliphatic rings. The first-order valence-corrected chi connectivity index (χ1v) is 9.03. The van der Waals surface area contributed by atoms with Gasteiger partial charge in [-0.05, 0) is 25.8 Å². The van der Waals surface area contributed by atoms with E-state index in [1.807, 2.05) is 18.7 Å². The van der Waals surface area contributed by atoms with Crippen molar-refractivity contribution in [3.8, 4) is 0 Å². The van der Waals surface area contributed by atoms with E-state index < -0.39 is 24.4 Å². The van der Waals surface area contributed by atoms with Crippen LogP contribution in [0.4, 0.5) is 29.7 Å². The van der Waals surface area contributed by atoms with E-state index in [0.29, 0.717) is 24.9 Å². The summed E-state index contributed by atoms with van der Waals surface area (Å²) in [6.45, 7) is 5.38. The van der Waals surface area contributed by atoms with Crippen molar-refractivity contribution in [3.05, 3.63) is 30.2 Å². The molecule has 2 aromatic heterocycles. The highest BCUT2D eigenvalue weighted by Gasteiger charge is 2.40. The lowest BCUT2D eigenvalue weighted by atomic mass is 10.1. The maximum absolute atomic E-state index is 12.6. The molecule has 12 heteroatoms. The highest BCUT2D eigenvalue weighted by atomic mass is 19.4. The number of alkyl halides is 3. The summed E-state index contributed by atoms with van der Waals surface area (Å²) in [7, 11) is 0. The lowest BCUT2D eigenvalue weighted by Crippen LogP contribution is -2.43. The lowest BCUT2D eigenvalue weighted by Gasteiger charge is -2.20. The van der Waals surface area contributed by atoms with Crippen LogP contribution in [-0.2, 0) is 4.74 Å². The van der Waals surface area contributed by atoms with E-state index in [1.165, 1.54) is 4.79 Å². The maximum atomic E-state index is 12.6. The summed E-state index contributed by atoms with van der Waals surface area (Å²) in [6.07, 6.45) is -4.52. The van der Waals surface area contributed by atoms with Gasteiger partial charge >= 0.3 is 12.3 Å². The molecule has 9 nitrogen and oxygen atoms in total. The average Bonchev–Trinajstić information content (AvgIpc) is 3.24. The van der Waals surface area contributed by atoms with Crippen LogP contribution in [0, 0.1) is 12.8 Å². The van der Waals surface area contributed by atoms with Crippen LogP contribution in [0.15, 0.2) is 24.5 Å². The van der Waals surface area contributed by atoms with Crippen molar-refractivity contribution in [1.82, 2.24) is 25.2 Å². The maximum Gasteiger partial charge on any atom is 0.425 e. The van der Waals surface area contributed by atoms with Crippen LogP contribution in [-0.4, -0.2) is 57.4 Å². The van der Waals surface area contributed by atoms with Crippen LogP contribution in [0.25, 0.3) is 0 Å². The van der Waals surface area contributed by atoms with Crippen LogP contribution in [0.3, 0.4) is 0 Å². The minimum Gasteiger partial charge on any atom is -0.437 e. The number of ether oxygens (including phenoxy) is 1. The minimum absolute atomic E-state index is 0.0321. The molecule has 0 unspecified atom stereocenters.